The standard InChI is InChI=1S/C43H77NO5/c1-3-5-7-9-11-13-15-17-19-21-23-25-30-34-38-43(48)49-40(36-32-28-26-29-33-37-41(45)44-39-42(46)47)35-31-27-24-22-20-18-16-14-12-10-8-6-4-2/h9,11,15,17,22,24,40H,3-8,10,12-14,16,18-21,23,25-39H2,1-2H3,(H,44,45)(H,46,47)/b11-9-,17-15-,24-22-. The molecule has 0 saturated heterocycles. The molecule has 1 amide bonds. The SMILES string of the molecule is CCCC/C=C\C/C=C\CCCCCCCC(=O)OC(CCC/C=C\CCCCCCCCCC)CCCCCCCC(=O)NCC(=O)O. The molecule has 6 heteroatoms. The molecule has 2 N–H and O–H groups in total. The van der Waals surface area contributed by atoms with Crippen LogP contribution >= 0.6 is 0 Å². The van der Waals surface area contributed by atoms with E-state index in [-0.39, 0.29) is 24.5 Å². The Labute approximate surface area is 302 Å². The Kier molecular flexibility index (Phi) is 36.6. The van der Waals surface area contributed by atoms with Crippen LogP contribution in [0.25, 0.3) is 0 Å². The molecular formula is C43H77NO5. The Morgan fingerprint density at radius 3 is 1.57 bits per heavy atom. The monoisotopic (exact) mass is 688 g/mol. The van der Waals surface area contributed by atoms with Crippen molar-refractivity contribution < 1.29 is 24.2 Å². The van der Waals surface area contributed by atoms with Crippen LogP contribution in [0.1, 0.15) is 206 Å². The fraction of sp³-hybridized carbons (Fsp3) is 0.791. The molecule has 0 radical (unpaired) electrons. The molecule has 0 bridgehead atoms. The topological polar surface area (TPSA) is 92.7 Å². The summed E-state index contributed by atoms with van der Waals surface area (Å²) in [7, 11) is 0. The minimum Gasteiger partial charge on any atom is -0.480 e. The summed E-state index contributed by atoms with van der Waals surface area (Å²) in [5, 5.41) is 11.1. The largest absolute Gasteiger partial charge is 0.480 e. The van der Waals surface area contributed by atoms with Crippen molar-refractivity contribution in [2.24, 2.45) is 0 Å². The van der Waals surface area contributed by atoms with Gasteiger partial charge >= 0.3 is 11.9 Å². The van der Waals surface area contributed by atoms with Crippen LogP contribution in [-0.4, -0.2) is 35.6 Å². The average molecular weight is 688 g/mol. The Bertz CT molecular complexity index is 849. The van der Waals surface area contributed by atoms with Gasteiger partial charge in [0.1, 0.15) is 12.6 Å². The number of hydrogen-bond acceptors (Lipinski definition) is 4. The minimum absolute atomic E-state index is 0.0105. The normalized spacial score (nSPS) is 12.4. The van der Waals surface area contributed by atoms with Crippen molar-refractivity contribution in [1.29, 1.82) is 0 Å². The first-order chi connectivity index (χ1) is 24.0. The van der Waals surface area contributed by atoms with Crippen molar-refractivity contribution in [2.45, 2.75) is 213 Å². The molecule has 0 aromatic rings. The maximum atomic E-state index is 12.7. The van der Waals surface area contributed by atoms with Crippen molar-refractivity contribution in [1.82, 2.24) is 5.32 Å². The van der Waals surface area contributed by atoms with Crippen LogP contribution in [0, 0.1) is 0 Å². The van der Waals surface area contributed by atoms with E-state index >= 15 is 0 Å². The van der Waals surface area contributed by atoms with E-state index in [0.717, 1.165) is 83.5 Å². The maximum Gasteiger partial charge on any atom is 0.322 e. The summed E-state index contributed by atoms with van der Waals surface area (Å²) in [6, 6.07) is 0. The first kappa shape index (κ1) is 46.6. The van der Waals surface area contributed by atoms with Crippen LogP contribution in [-0.2, 0) is 19.1 Å². The molecule has 0 heterocycles. The number of esters is 1. The van der Waals surface area contributed by atoms with Crippen molar-refractivity contribution in [2.75, 3.05) is 6.54 Å². The number of ether oxygens (including phenoxy) is 1. The number of amides is 1. The number of carbonyl (C=O) groups excluding carboxylic acids is 2. The van der Waals surface area contributed by atoms with E-state index in [1.165, 1.54) is 96.3 Å². The van der Waals surface area contributed by atoms with Crippen molar-refractivity contribution in [3.05, 3.63) is 36.5 Å². The summed E-state index contributed by atoms with van der Waals surface area (Å²) in [6.07, 6.45) is 46.9. The molecule has 0 aromatic heterocycles. The molecule has 0 spiro atoms. The molecule has 0 aliphatic rings. The Morgan fingerprint density at radius 1 is 0.531 bits per heavy atom. The number of hydrogen-bond donors (Lipinski definition) is 2. The molecule has 1 atom stereocenters. The minimum atomic E-state index is -1.02. The number of unbranched alkanes of at least 4 members (excludes halogenated alkanes) is 20. The van der Waals surface area contributed by atoms with E-state index < -0.39 is 5.97 Å². The zero-order valence-electron chi connectivity index (χ0n) is 32.0. The number of rotatable bonds is 37. The van der Waals surface area contributed by atoms with Crippen LogP contribution in [0.15, 0.2) is 36.5 Å². The lowest BCUT2D eigenvalue weighted by Gasteiger charge is -2.18. The third-order valence-corrected chi connectivity index (χ3v) is 9.03. The number of allylic oxidation sites excluding steroid dienone is 6. The highest BCUT2D eigenvalue weighted by atomic mass is 16.5. The number of aliphatic carboxylic acids is 1. The second kappa shape index (κ2) is 38.4. The van der Waals surface area contributed by atoms with Gasteiger partial charge in [-0.2, -0.15) is 0 Å². The van der Waals surface area contributed by atoms with Gasteiger partial charge in [0, 0.05) is 12.8 Å². The van der Waals surface area contributed by atoms with Crippen LogP contribution in [0.5, 0.6) is 0 Å². The van der Waals surface area contributed by atoms with Gasteiger partial charge < -0.3 is 15.2 Å². The van der Waals surface area contributed by atoms with E-state index in [0.29, 0.717) is 12.8 Å². The van der Waals surface area contributed by atoms with E-state index in [1.807, 2.05) is 0 Å². The summed E-state index contributed by atoms with van der Waals surface area (Å²) in [5.41, 5.74) is 0. The molecule has 49 heavy (non-hydrogen) atoms. The zero-order valence-corrected chi connectivity index (χ0v) is 32.0. The number of nitrogens with one attached hydrogen (secondary N) is 1. The van der Waals surface area contributed by atoms with Crippen molar-refractivity contribution >= 4 is 17.8 Å². The smallest absolute Gasteiger partial charge is 0.322 e. The predicted molar refractivity (Wildman–Crippen MR) is 208 cm³/mol. The van der Waals surface area contributed by atoms with Crippen LogP contribution in [0.3, 0.4) is 0 Å². The first-order valence-corrected chi connectivity index (χ1v) is 20.6. The highest BCUT2D eigenvalue weighted by Gasteiger charge is 2.14. The van der Waals surface area contributed by atoms with Gasteiger partial charge in [-0.15, -0.1) is 0 Å². The lowest BCUT2D eigenvalue weighted by molar-refractivity contribution is -0.150. The van der Waals surface area contributed by atoms with Crippen molar-refractivity contribution in [3.8, 4) is 0 Å². The summed E-state index contributed by atoms with van der Waals surface area (Å²) in [5.74, 6) is -1.26. The van der Waals surface area contributed by atoms with Gasteiger partial charge in [0.15, 0.2) is 0 Å². The van der Waals surface area contributed by atoms with Gasteiger partial charge in [0.2, 0.25) is 5.91 Å². The number of carbonyl (C=O) groups is 3. The van der Waals surface area contributed by atoms with Gasteiger partial charge in [-0.05, 0) is 83.5 Å². The second-order valence-electron chi connectivity index (χ2n) is 13.9. The molecule has 0 rings (SSSR count). The third-order valence-electron chi connectivity index (χ3n) is 9.03. The molecule has 0 fully saturated rings. The molecule has 0 aliphatic carbocycles. The Morgan fingerprint density at radius 2 is 0.980 bits per heavy atom. The molecule has 0 saturated carbocycles. The van der Waals surface area contributed by atoms with E-state index in [9.17, 15) is 14.4 Å². The quantitative estimate of drug-likeness (QED) is 0.0385. The van der Waals surface area contributed by atoms with E-state index in [4.69, 9.17) is 9.84 Å². The molecule has 0 aromatic carbocycles. The van der Waals surface area contributed by atoms with Gasteiger partial charge in [-0.1, -0.05) is 147 Å². The summed E-state index contributed by atoms with van der Waals surface area (Å²) >= 11 is 0. The summed E-state index contributed by atoms with van der Waals surface area (Å²) in [4.78, 5) is 35.0. The highest BCUT2D eigenvalue weighted by molar-refractivity contribution is 5.80. The lowest BCUT2D eigenvalue weighted by atomic mass is 10.0. The van der Waals surface area contributed by atoms with Crippen LogP contribution in [0.2, 0.25) is 0 Å². The van der Waals surface area contributed by atoms with E-state index in [1.54, 1.807) is 0 Å². The molecule has 1 unspecified atom stereocenters. The summed E-state index contributed by atoms with van der Waals surface area (Å²) in [6.45, 7) is 4.18. The molecule has 0 aliphatic heterocycles. The van der Waals surface area contributed by atoms with Gasteiger partial charge in [-0.25, -0.2) is 0 Å². The number of carboxylic acid groups (broad SMARTS) is 1. The van der Waals surface area contributed by atoms with E-state index in [2.05, 4.69) is 55.6 Å². The maximum absolute atomic E-state index is 12.7. The average Bonchev–Trinajstić information content (AvgIpc) is 3.08. The lowest BCUT2D eigenvalue weighted by Crippen LogP contribution is -2.28. The fourth-order valence-electron chi connectivity index (χ4n) is 5.94. The Balaban J connectivity index is 4.25. The van der Waals surface area contributed by atoms with Crippen LogP contribution < -0.4 is 5.32 Å². The summed E-state index contributed by atoms with van der Waals surface area (Å²) < 4.78 is 6.00. The highest BCUT2D eigenvalue weighted by Crippen LogP contribution is 2.18. The first-order valence-electron chi connectivity index (χ1n) is 20.6. The third kappa shape index (κ3) is 38.3. The molecular weight excluding hydrogens is 610 g/mol. The van der Waals surface area contributed by atoms with Crippen LogP contribution in [0.4, 0.5) is 0 Å². The number of carboxylic acids is 1. The Hall–Kier alpha value is -2.37. The van der Waals surface area contributed by atoms with Gasteiger partial charge in [-0.3, -0.25) is 14.4 Å². The van der Waals surface area contributed by atoms with Gasteiger partial charge in [0.05, 0.1) is 0 Å². The molecule has 6 nitrogen and oxygen atoms in total. The van der Waals surface area contributed by atoms with Gasteiger partial charge in [0.25, 0.3) is 0 Å². The zero-order chi connectivity index (χ0) is 35.9. The fourth-order valence-corrected chi connectivity index (χ4v) is 5.94. The predicted octanol–water partition coefficient (Wildman–Crippen LogP) is 12.5. The molecule has 284 valence electrons. The van der Waals surface area contributed by atoms with Crippen molar-refractivity contribution in [3.63, 3.8) is 0 Å². The second-order valence-corrected chi connectivity index (χ2v) is 13.9.